The van der Waals surface area contributed by atoms with Crippen molar-refractivity contribution in [1.82, 2.24) is 19.8 Å². The van der Waals surface area contributed by atoms with E-state index in [4.69, 9.17) is 4.74 Å². The number of anilines is 1. The van der Waals surface area contributed by atoms with Gasteiger partial charge in [-0.15, -0.1) is 0 Å². The zero-order valence-corrected chi connectivity index (χ0v) is 18.7. The highest BCUT2D eigenvalue weighted by Gasteiger charge is 2.22. The predicted octanol–water partition coefficient (Wildman–Crippen LogP) is 2.83. The number of benzene rings is 2. The zero-order chi connectivity index (χ0) is 23.0. The summed E-state index contributed by atoms with van der Waals surface area (Å²) in [6.07, 6.45) is 5.23. The molecule has 2 heterocycles. The maximum Gasteiger partial charge on any atom is 0.251 e. The summed E-state index contributed by atoms with van der Waals surface area (Å²) in [7, 11) is 1.92. The van der Waals surface area contributed by atoms with E-state index in [-0.39, 0.29) is 17.9 Å². The first-order valence-corrected chi connectivity index (χ1v) is 11.1. The van der Waals surface area contributed by atoms with Crippen LogP contribution in [0.5, 0.6) is 5.75 Å². The summed E-state index contributed by atoms with van der Waals surface area (Å²) in [5, 5.41) is 6.02. The molecule has 8 nitrogen and oxygen atoms in total. The lowest BCUT2D eigenvalue weighted by atomic mass is 10.0. The predicted molar refractivity (Wildman–Crippen MR) is 126 cm³/mol. The van der Waals surface area contributed by atoms with Crippen LogP contribution in [0.15, 0.2) is 67.0 Å². The molecule has 2 N–H and O–H groups in total. The highest BCUT2D eigenvalue weighted by Crippen LogP contribution is 2.16. The molecule has 8 heteroatoms. The number of nitrogens with one attached hydrogen (secondary N) is 2. The number of hydrogen-bond acceptors (Lipinski definition) is 5. The van der Waals surface area contributed by atoms with Crippen molar-refractivity contribution < 1.29 is 14.3 Å². The summed E-state index contributed by atoms with van der Waals surface area (Å²) < 4.78 is 7.65. The van der Waals surface area contributed by atoms with Gasteiger partial charge in [0.2, 0.25) is 5.91 Å². The molecule has 1 aliphatic heterocycles. The number of amides is 2. The summed E-state index contributed by atoms with van der Waals surface area (Å²) in [5.41, 5.74) is 1.40. The molecule has 0 bridgehead atoms. The van der Waals surface area contributed by atoms with Crippen LogP contribution in [0.4, 0.5) is 5.69 Å². The van der Waals surface area contributed by atoms with E-state index in [1.165, 1.54) is 0 Å². The second-order valence-electron chi connectivity index (χ2n) is 8.21. The fraction of sp³-hybridized carbons (Fsp3) is 0.320. The quantitative estimate of drug-likeness (QED) is 0.554. The van der Waals surface area contributed by atoms with E-state index in [1.54, 1.807) is 30.5 Å². The lowest BCUT2D eigenvalue weighted by molar-refractivity contribution is -0.117. The van der Waals surface area contributed by atoms with Gasteiger partial charge in [0.25, 0.3) is 5.91 Å². The molecule has 1 saturated heterocycles. The summed E-state index contributed by atoms with van der Waals surface area (Å²) in [6.45, 7) is 2.27. The molecular weight excluding hydrogens is 418 g/mol. The Bertz CT molecular complexity index is 1060. The average Bonchev–Trinajstić information content (AvgIpc) is 3.24. The Labute approximate surface area is 193 Å². The van der Waals surface area contributed by atoms with Gasteiger partial charge in [-0.1, -0.05) is 18.2 Å². The summed E-state index contributed by atoms with van der Waals surface area (Å²) in [6, 6.07) is 16.7. The maximum absolute atomic E-state index is 12.6. The molecule has 172 valence electrons. The number of ether oxygens (including phenoxy) is 1. The van der Waals surface area contributed by atoms with E-state index < -0.39 is 0 Å². The zero-order valence-electron chi connectivity index (χ0n) is 18.7. The van der Waals surface area contributed by atoms with Gasteiger partial charge in [-0.25, -0.2) is 4.98 Å². The van der Waals surface area contributed by atoms with Crippen LogP contribution in [0.3, 0.4) is 0 Å². The molecule has 0 radical (unpaired) electrons. The first-order valence-electron chi connectivity index (χ1n) is 11.1. The molecule has 3 aromatic rings. The van der Waals surface area contributed by atoms with Crippen LogP contribution < -0.4 is 15.4 Å². The van der Waals surface area contributed by atoms with Gasteiger partial charge in [-0.2, -0.15) is 0 Å². The van der Waals surface area contributed by atoms with E-state index in [0.29, 0.717) is 24.5 Å². The van der Waals surface area contributed by atoms with Crippen LogP contribution in [0, 0.1) is 0 Å². The minimum atomic E-state index is -0.0917. The van der Waals surface area contributed by atoms with Crippen LogP contribution in [-0.2, 0) is 18.4 Å². The third-order valence-corrected chi connectivity index (χ3v) is 5.75. The number of imidazole rings is 1. The van der Waals surface area contributed by atoms with Gasteiger partial charge in [0, 0.05) is 49.8 Å². The number of piperidine rings is 1. The van der Waals surface area contributed by atoms with Gasteiger partial charge in [-0.3, -0.25) is 14.5 Å². The molecule has 0 aliphatic carbocycles. The molecule has 0 atom stereocenters. The van der Waals surface area contributed by atoms with Crippen LogP contribution in [0.1, 0.15) is 29.0 Å². The third-order valence-electron chi connectivity index (χ3n) is 5.75. The van der Waals surface area contributed by atoms with Gasteiger partial charge in [0.15, 0.2) is 0 Å². The smallest absolute Gasteiger partial charge is 0.251 e. The number of carbonyl (C=O) groups excluding carboxylic acids is 2. The van der Waals surface area contributed by atoms with Gasteiger partial charge in [-0.05, 0) is 49.2 Å². The van der Waals surface area contributed by atoms with Crippen molar-refractivity contribution >= 4 is 17.5 Å². The summed E-state index contributed by atoms with van der Waals surface area (Å²) in [4.78, 5) is 31.2. The number of nitrogens with zero attached hydrogens (tertiary/aromatic N) is 3. The number of rotatable bonds is 8. The van der Waals surface area contributed by atoms with Gasteiger partial charge < -0.3 is 19.9 Å². The Morgan fingerprint density at radius 3 is 2.45 bits per heavy atom. The number of likely N-dealkylation sites (tertiary alicyclic amines) is 1. The molecular formula is C25H29N5O3. The van der Waals surface area contributed by atoms with Crippen LogP contribution >= 0.6 is 0 Å². The standard InChI is InChI=1S/C25H29N5O3/c1-29-16-13-26-23(29)18-33-22-9-7-19(8-10-22)25(32)28-21-11-14-30(15-12-21)17-24(31)27-20-5-3-2-4-6-20/h2-10,13,16,21H,11-12,14-15,17-18H2,1H3,(H,27,31)(H,28,32). The van der Waals surface area contributed by atoms with E-state index in [9.17, 15) is 9.59 Å². The Kier molecular flexibility index (Phi) is 7.36. The minimum absolute atomic E-state index is 0.0195. The lowest BCUT2D eigenvalue weighted by Crippen LogP contribution is -2.46. The molecule has 0 unspecified atom stereocenters. The highest BCUT2D eigenvalue weighted by molar-refractivity contribution is 5.94. The van der Waals surface area contributed by atoms with Crippen LogP contribution in [-0.4, -0.2) is 51.9 Å². The van der Waals surface area contributed by atoms with E-state index in [1.807, 2.05) is 48.1 Å². The van der Waals surface area contributed by atoms with Crippen LogP contribution in [0.2, 0.25) is 0 Å². The van der Waals surface area contributed by atoms with Gasteiger partial charge in [0.1, 0.15) is 18.2 Å². The van der Waals surface area contributed by atoms with E-state index in [2.05, 4.69) is 20.5 Å². The second-order valence-corrected chi connectivity index (χ2v) is 8.21. The Balaban J connectivity index is 1.19. The molecule has 4 rings (SSSR count). The Morgan fingerprint density at radius 1 is 1.06 bits per heavy atom. The summed E-state index contributed by atoms with van der Waals surface area (Å²) in [5.74, 6) is 1.41. The molecule has 0 saturated carbocycles. The maximum atomic E-state index is 12.6. The molecule has 2 amide bonds. The van der Waals surface area contributed by atoms with Crippen molar-refractivity contribution in [2.45, 2.75) is 25.5 Å². The second kappa shape index (κ2) is 10.8. The number of carbonyl (C=O) groups is 2. The number of para-hydroxylation sites is 1. The molecule has 1 aliphatic rings. The number of hydrogen-bond donors (Lipinski definition) is 2. The number of aryl methyl sites for hydroxylation is 1. The SMILES string of the molecule is Cn1ccnc1COc1ccc(C(=O)NC2CCN(CC(=O)Nc3ccccc3)CC2)cc1. The molecule has 0 spiro atoms. The Hall–Kier alpha value is -3.65. The average molecular weight is 448 g/mol. The van der Waals surface area contributed by atoms with Crippen molar-refractivity contribution in [2.75, 3.05) is 25.0 Å². The summed E-state index contributed by atoms with van der Waals surface area (Å²) >= 11 is 0. The molecule has 1 fully saturated rings. The Morgan fingerprint density at radius 2 is 1.79 bits per heavy atom. The number of aromatic nitrogens is 2. The fourth-order valence-electron chi connectivity index (χ4n) is 3.82. The highest BCUT2D eigenvalue weighted by atomic mass is 16.5. The molecule has 33 heavy (non-hydrogen) atoms. The van der Waals surface area contributed by atoms with Crippen molar-refractivity contribution in [1.29, 1.82) is 0 Å². The topological polar surface area (TPSA) is 88.5 Å². The van der Waals surface area contributed by atoms with Crippen molar-refractivity contribution in [3.63, 3.8) is 0 Å². The van der Waals surface area contributed by atoms with Gasteiger partial charge in [0.05, 0.1) is 6.54 Å². The molecule has 2 aromatic carbocycles. The van der Waals surface area contributed by atoms with Gasteiger partial charge >= 0.3 is 0 Å². The largest absolute Gasteiger partial charge is 0.486 e. The monoisotopic (exact) mass is 447 g/mol. The lowest BCUT2D eigenvalue weighted by Gasteiger charge is -2.31. The normalized spacial score (nSPS) is 14.6. The molecule has 1 aromatic heterocycles. The van der Waals surface area contributed by atoms with Crippen molar-refractivity contribution in [2.24, 2.45) is 7.05 Å². The van der Waals surface area contributed by atoms with Crippen molar-refractivity contribution in [3.8, 4) is 5.75 Å². The fourth-order valence-corrected chi connectivity index (χ4v) is 3.82. The minimum Gasteiger partial charge on any atom is -0.486 e. The van der Waals surface area contributed by atoms with E-state index in [0.717, 1.165) is 37.4 Å². The first-order chi connectivity index (χ1) is 16.1. The third kappa shape index (κ3) is 6.43. The van der Waals surface area contributed by atoms with Crippen molar-refractivity contribution in [3.05, 3.63) is 78.4 Å². The first kappa shape index (κ1) is 22.5. The van der Waals surface area contributed by atoms with Crippen LogP contribution in [0.25, 0.3) is 0 Å². The van der Waals surface area contributed by atoms with E-state index >= 15 is 0 Å².